The van der Waals surface area contributed by atoms with Crippen molar-refractivity contribution in [3.05, 3.63) is 36.0 Å². The number of rotatable bonds is 4. The van der Waals surface area contributed by atoms with Gasteiger partial charge < -0.3 is 10.3 Å². The van der Waals surface area contributed by atoms with Gasteiger partial charge in [-0.2, -0.15) is 4.98 Å². The second kappa shape index (κ2) is 4.90. The monoisotopic (exact) mass is 290 g/mol. The molecule has 0 saturated carbocycles. The molecule has 0 amide bonds. The Hall–Kier alpha value is -2.07. The largest absolute Gasteiger partial charge is 0.396 e. The van der Waals surface area contributed by atoms with Crippen molar-refractivity contribution in [2.75, 3.05) is 5.73 Å². The van der Waals surface area contributed by atoms with E-state index in [9.17, 15) is 17.2 Å². The topological polar surface area (TPSA) is 111 Å². The molecule has 10 heteroatoms. The van der Waals surface area contributed by atoms with Crippen molar-refractivity contribution in [1.82, 2.24) is 14.9 Å². The van der Waals surface area contributed by atoms with E-state index in [-0.39, 0.29) is 12.4 Å². The van der Waals surface area contributed by atoms with Crippen LogP contribution >= 0.6 is 0 Å². The van der Waals surface area contributed by atoms with Gasteiger partial charge in [0.2, 0.25) is 16.4 Å². The van der Waals surface area contributed by atoms with Crippen LogP contribution in [0.25, 0.3) is 0 Å². The first-order valence-corrected chi connectivity index (χ1v) is 6.38. The normalized spacial score (nSPS) is 11.7. The first kappa shape index (κ1) is 13.4. The summed E-state index contributed by atoms with van der Waals surface area (Å²) >= 11 is 0. The highest BCUT2D eigenvalue weighted by Gasteiger charge is 2.21. The van der Waals surface area contributed by atoms with Crippen molar-refractivity contribution in [1.29, 1.82) is 0 Å². The molecule has 2 aromatic rings. The third-order valence-corrected chi connectivity index (χ3v) is 3.58. The summed E-state index contributed by atoms with van der Waals surface area (Å²) in [5, 5.41) is 3.38. The molecule has 1 aromatic carbocycles. The predicted molar refractivity (Wildman–Crippen MR) is 59.1 cm³/mol. The maximum absolute atomic E-state index is 13.4. The zero-order valence-corrected chi connectivity index (χ0v) is 10.1. The number of nitrogens with two attached hydrogens (primary N) is 1. The van der Waals surface area contributed by atoms with Crippen LogP contribution < -0.4 is 10.5 Å². The summed E-state index contributed by atoms with van der Waals surface area (Å²) in [6.45, 7) is -0.296. The summed E-state index contributed by atoms with van der Waals surface area (Å²) in [7, 11) is -4.20. The third kappa shape index (κ3) is 2.85. The van der Waals surface area contributed by atoms with E-state index in [2.05, 4.69) is 14.7 Å². The number of hydrogen-bond donors (Lipinski definition) is 2. The summed E-state index contributed by atoms with van der Waals surface area (Å²) in [5.41, 5.74) is 4.73. The van der Waals surface area contributed by atoms with Crippen LogP contribution in [0.15, 0.2) is 27.9 Å². The van der Waals surface area contributed by atoms with Crippen LogP contribution in [0.2, 0.25) is 0 Å². The van der Waals surface area contributed by atoms with Gasteiger partial charge in [0, 0.05) is 6.07 Å². The van der Waals surface area contributed by atoms with Crippen molar-refractivity contribution < 1.29 is 21.7 Å². The molecule has 0 unspecified atom stereocenters. The average molecular weight is 290 g/mol. The van der Waals surface area contributed by atoms with E-state index >= 15 is 0 Å². The van der Waals surface area contributed by atoms with E-state index in [0.717, 1.165) is 6.39 Å². The van der Waals surface area contributed by atoms with Gasteiger partial charge >= 0.3 is 0 Å². The van der Waals surface area contributed by atoms with Gasteiger partial charge in [0.15, 0.2) is 5.82 Å². The van der Waals surface area contributed by atoms with Crippen LogP contribution in [-0.4, -0.2) is 18.6 Å². The Morgan fingerprint density at radius 1 is 1.32 bits per heavy atom. The van der Waals surface area contributed by atoms with E-state index in [1.807, 2.05) is 4.72 Å². The quantitative estimate of drug-likeness (QED) is 0.789. The molecule has 0 bridgehead atoms. The van der Waals surface area contributed by atoms with Crippen molar-refractivity contribution in [3.8, 4) is 0 Å². The minimum Gasteiger partial charge on any atom is -0.396 e. The molecule has 0 atom stereocenters. The van der Waals surface area contributed by atoms with Crippen LogP contribution in [0.3, 0.4) is 0 Å². The maximum atomic E-state index is 13.4. The SMILES string of the molecule is Nc1cc(S(=O)(=O)NCc2ncon2)c(F)cc1F. The lowest BCUT2D eigenvalue weighted by molar-refractivity contribution is 0.409. The molecule has 0 aliphatic carbocycles. The van der Waals surface area contributed by atoms with Crippen LogP contribution in [-0.2, 0) is 16.6 Å². The lowest BCUT2D eigenvalue weighted by Gasteiger charge is -2.07. The minimum atomic E-state index is -4.20. The highest BCUT2D eigenvalue weighted by molar-refractivity contribution is 7.89. The zero-order valence-electron chi connectivity index (χ0n) is 9.30. The predicted octanol–water partition coefficient (Wildman–Crippen LogP) is 0.408. The number of anilines is 1. The van der Waals surface area contributed by atoms with E-state index in [0.29, 0.717) is 12.1 Å². The fourth-order valence-corrected chi connectivity index (χ4v) is 2.33. The number of nitrogens with zero attached hydrogens (tertiary/aromatic N) is 2. The Kier molecular flexibility index (Phi) is 3.44. The van der Waals surface area contributed by atoms with Gasteiger partial charge in [0.25, 0.3) is 0 Å². The average Bonchev–Trinajstić information content (AvgIpc) is 2.84. The Morgan fingerprint density at radius 3 is 2.68 bits per heavy atom. The zero-order chi connectivity index (χ0) is 14.0. The van der Waals surface area contributed by atoms with Gasteiger partial charge in [0.05, 0.1) is 12.2 Å². The Balaban J connectivity index is 2.27. The summed E-state index contributed by atoms with van der Waals surface area (Å²) in [5.74, 6) is -2.21. The molecule has 0 aliphatic rings. The number of halogens is 2. The number of benzene rings is 1. The van der Waals surface area contributed by atoms with Gasteiger partial charge in [0.1, 0.15) is 16.5 Å². The third-order valence-electron chi connectivity index (χ3n) is 2.17. The summed E-state index contributed by atoms with van der Waals surface area (Å²) in [6, 6.07) is 1.10. The van der Waals surface area contributed by atoms with Crippen LogP contribution in [0.1, 0.15) is 5.82 Å². The fourth-order valence-electron chi connectivity index (χ4n) is 1.26. The smallest absolute Gasteiger partial charge is 0.243 e. The summed E-state index contributed by atoms with van der Waals surface area (Å²) in [6.07, 6.45) is 1.01. The molecular weight excluding hydrogens is 282 g/mol. The maximum Gasteiger partial charge on any atom is 0.243 e. The number of nitrogen functional groups attached to an aromatic ring is 1. The molecule has 3 N–H and O–H groups in total. The molecule has 1 heterocycles. The van der Waals surface area contributed by atoms with Gasteiger partial charge in [-0.15, -0.1) is 0 Å². The van der Waals surface area contributed by atoms with Crippen molar-refractivity contribution >= 4 is 15.7 Å². The number of hydrogen-bond acceptors (Lipinski definition) is 6. The minimum absolute atomic E-state index is 0.0686. The molecular formula is C9H8F2N4O3S. The Morgan fingerprint density at radius 2 is 2.05 bits per heavy atom. The van der Waals surface area contributed by atoms with E-state index in [1.165, 1.54) is 0 Å². The second-order valence-corrected chi connectivity index (χ2v) is 5.21. The molecule has 0 spiro atoms. The summed E-state index contributed by atoms with van der Waals surface area (Å²) < 4.78 is 56.4. The van der Waals surface area contributed by atoms with E-state index in [1.54, 1.807) is 0 Å². The van der Waals surface area contributed by atoms with E-state index in [4.69, 9.17) is 5.73 Å². The highest BCUT2D eigenvalue weighted by Crippen LogP contribution is 2.20. The van der Waals surface area contributed by atoms with Gasteiger partial charge in [-0.05, 0) is 6.07 Å². The van der Waals surface area contributed by atoms with Gasteiger partial charge in [-0.3, -0.25) is 0 Å². The molecule has 0 radical (unpaired) electrons. The van der Waals surface area contributed by atoms with Crippen LogP contribution in [0, 0.1) is 11.6 Å². The van der Waals surface area contributed by atoms with Crippen molar-refractivity contribution in [3.63, 3.8) is 0 Å². The first-order valence-electron chi connectivity index (χ1n) is 4.89. The number of nitrogens with one attached hydrogen (secondary N) is 1. The lowest BCUT2D eigenvalue weighted by atomic mass is 10.3. The highest BCUT2D eigenvalue weighted by atomic mass is 32.2. The van der Waals surface area contributed by atoms with Crippen molar-refractivity contribution in [2.24, 2.45) is 0 Å². The lowest BCUT2D eigenvalue weighted by Crippen LogP contribution is -2.25. The molecule has 7 nitrogen and oxygen atoms in total. The second-order valence-electron chi connectivity index (χ2n) is 3.48. The molecule has 19 heavy (non-hydrogen) atoms. The van der Waals surface area contributed by atoms with Crippen LogP contribution in [0.4, 0.5) is 14.5 Å². The standard InChI is InChI=1S/C9H8F2N4O3S/c10-5-1-6(11)8(2-7(5)12)19(16,17)14-3-9-13-4-18-15-9/h1-2,4,14H,3,12H2. The van der Waals surface area contributed by atoms with Crippen molar-refractivity contribution in [2.45, 2.75) is 11.4 Å². The molecule has 0 saturated heterocycles. The Bertz CT molecular complexity index is 688. The Labute approximate surface area is 106 Å². The number of aromatic nitrogens is 2. The molecule has 0 aliphatic heterocycles. The summed E-state index contributed by atoms with van der Waals surface area (Å²) in [4.78, 5) is 2.83. The van der Waals surface area contributed by atoms with Gasteiger partial charge in [-0.1, -0.05) is 5.16 Å². The van der Waals surface area contributed by atoms with Gasteiger partial charge in [-0.25, -0.2) is 21.9 Å². The molecule has 0 fully saturated rings. The van der Waals surface area contributed by atoms with E-state index < -0.39 is 32.2 Å². The molecule has 2 rings (SSSR count). The number of sulfonamides is 1. The van der Waals surface area contributed by atoms with Crippen LogP contribution in [0.5, 0.6) is 0 Å². The molecule has 102 valence electrons. The fraction of sp³-hybridized carbons (Fsp3) is 0.111. The first-order chi connectivity index (χ1) is 8.90. The molecule has 1 aromatic heterocycles.